The van der Waals surface area contributed by atoms with Gasteiger partial charge in [0.15, 0.2) is 0 Å². The Morgan fingerprint density at radius 1 is 1.13 bits per heavy atom. The third-order valence-electron chi connectivity index (χ3n) is 4.07. The second-order valence-corrected chi connectivity index (χ2v) is 7.67. The quantitative estimate of drug-likeness (QED) is 0.887. The van der Waals surface area contributed by atoms with Gasteiger partial charge in [-0.15, -0.1) is 0 Å². The molecular formula is C19H30N2O2. The molecule has 0 saturated heterocycles. The van der Waals surface area contributed by atoms with Crippen molar-refractivity contribution in [3.8, 4) is 0 Å². The molecule has 0 bridgehead atoms. The van der Waals surface area contributed by atoms with Crippen molar-refractivity contribution in [2.24, 2.45) is 0 Å². The second-order valence-electron chi connectivity index (χ2n) is 7.67. The van der Waals surface area contributed by atoms with Crippen LogP contribution >= 0.6 is 0 Å². The van der Waals surface area contributed by atoms with Gasteiger partial charge in [-0.1, -0.05) is 29.3 Å². The van der Waals surface area contributed by atoms with E-state index in [2.05, 4.69) is 42.7 Å². The van der Waals surface area contributed by atoms with E-state index in [1.54, 1.807) is 0 Å². The SMILES string of the molecule is Cc1cc(C)cc(CNC2CCCC2NC(=O)OC(C)(C)C)c1. The summed E-state index contributed by atoms with van der Waals surface area (Å²) in [7, 11) is 0. The Kier molecular flexibility index (Phi) is 5.69. The van der Waals surface area contributed by atoms with E-state index < -0.39 is 5.60 Å². The minimum atomic E-state index is -0.454. The third-order valence-corrected chi connectivity index (χ3v) is 4.07. The van der Waals surface area contributed by atoms with Crippen molar-refractivity contribution in [3.05, 3.63) is 34.9 Å². The zero-order chi connectivity index (χ0) is 17.0. The normalized spacial score (nSPS) is 21.3. The highest BCUT2D eigenvalue weighted by molar-refractivity contribution is 5.68. The van der Waals surface area contributed by atoms with Crippen LogP contribution in [0.1, 0.15) is 56.7 Å². The number of carbonyl (C=O) groups is 1. The monoisotopic (exact) mass is 318 g/mol. The Balaban J connectivity index is 1.88. The molecular weight excluding hydrogens is 288 g/mol. The first-order valence-corrected chi connectivity index (χ1v) is 8.53. The molecule has 2 rings (SSSR count). The first kappa shape index (κ1) is 17.8. The van der Waals surface area contributed by atoms with Crippen molar-refractivity contribution in [3.63, 3.8) is 0 Å². The van der Waals surface area contributed by atoms with Crippen LogP contribution in [0.15, 0.2) is 18.2 Å². The van der Waals surface area contributed by atoms with E-state index >= 15 is 0 Å². The van der Waals surface area contributed by atoms with Gasteiger partial charge in [0.2, 0.25) is 0 Å². The lowest BCUT2D eigenvalue weighted by Crippen LogP contribution is -2.47. The van der Waals surface area contributed by atoms with Gasteiger partial charge >= 0.3 is 6.09 Å². The number of nitrogens with one attached hydrogen (secondary N) is 2. The van der Waals surface area contributed by atoms with Crippen LogP contribution in [-0.4, -0.2) is 23.8 Å². The molecule has 1 saturated carbocycles. The van der Waals surface area contributed by atoms with Crippen LogP contribution in [0, 0.1) is 13.8 Å². The van der Waals surface area contributed by atoms with Gasteiger partial charge in [0, 0.05) is 18.6 Å². The van der Waals surface area contributed by atoms with Crippen LogP contribution in [-0.2, 0) is 11.3 Å². The van der Waals surface area contributed by atoms with Gasteiger partial charge < -0.3 is 15.4 Å². The standard InChI is InChI=1S/C19H30N2O2/c1-13-9-14(2)11-15(10-13)12-20-16-7-6-8-17(16)21-18(22)23-19(3,4)5/h9-11,16-17,20H,6-8,12H2,1-5H3,(H,21,22). The molecule has 0 spiro atoms. The average molecular weight is 318 g/mol. The maximum Gasteiger partial charge on any atom is 0.407 e. The van der Waals surface area contributed by atoms with E-state index in [1.165, 1.54) is 16.7 Å². The number of alkyl carbamates (subject to hydrolysis) is 1. The van der Waals surface area contributed by atoms with Crippen molar-refractivity contribution < 1.29 is 9.53 Å². The van der Waals surface area contributed by atoms with Crippen LogP contribution in [0.4, 0.5) is 4.79 Å². The predicted molar refractivity (Wildman–Crippen MR) is 93.6 cm³/mol. The van der Waals surface area contributed by atoms with Gasteiger partial charge in [-0.3, -0.25) is 0 Å². The molecule has 4 nitrogen and oxygen atoms in total. The van der Waals surface area contributed by atoms with Crippen molar-refractivity contribution in [1.82, 2.24) is 10.6 Å². The summed E-state index contributed by atoms with van der Waals surface area (Å²) in [5, 5.41) is 6.62. The van der Waals surface area contributed by atoms with E-state index in [0.717, 1.165) is 25.8 Å². The molecule has 1 aromatic carbocycles. The summed E-state index contributed by atoms with van der Waals surface area (Å²) in [6.07, 6.45) is 2.91. The number of ether oxygens (including phenoxy) is 1. The van der Waals surface area contributed by atoms with Gasteiger partial charge in [-0.25, -0.2) is 4.79 Å². The molecule has 4 heteroatoms. The van der Waals surface area contributed by atoms with Crippen LogP contribution in [0.3, 0.4) is 0 Å². The van der Waals surface area contributed by atoms with Gasteiger partial charge in [0.25, 0.3) is 0 Å². The molecule has 0 radical (unpaired) electrons. The minimum absolute atomic E-state index is 0.149. The Morgan fingerprint density at radius 2 is 1.74 bits per heavy atom. The lowest BCUT2D eigenvalue weighted by Gasteiger charge is -2.25. The number of aryl methyl sites for hydroxylation is 2. The van der Waals surface area contributed by atoms with Gasteiger partial charge in [0.05, 0.1) is 0 Å². The summed E-state index contributed by atoms with van der Waals surface area (Å²) in [4.78, 5) is 12.0. The van der Waals surface area contributed by atoms with E-state index in [1.807, 2.05) is 20.8 Å². The lowest BCUT2D eigenvalue weighted by atomic mass is 10.1. The Hall–Kier alpha value is -1.55. The van der Waals surface area contributed by atoms with Gasteiger partial charge in [-0.05, 0) is 59.4 Å². The molecule has 128 valence electrons. The summed E-state index contributed by atoms with van der Waals surface area (Å²) >= 11 is 0. The van der Waals surface area contributed by atoms with Crippen LogP contribution in [0.25, 0.3) is 0 Å². The highest BCUT2D eigenvalue weighted by Gasteiger charge is 2.29. The number of benzene rings is 1. The number of hydrogen-bond acceptors (Lipinski definition) is 3. The molecule has 1 aliphatic rings. The Labute approximate surface area is 140 Å². The van der Waals surface area contributed by atoms with Gasteiger partial charge in [0.1, 0.15) is 5.60 Å². The van der Waals surface area contributed by atoms with Crippen molar-refractivity contribution >= 4 is 6.09 Å². The molecule has 1 amide bonds. The molecule has 23 heavy (non-hydrogen) atoms. The minimum Gasteiger partial charge on any atom is -0.444 e. The van der Waals surface area contributed by atoms with Gasteiger partial charge in [-0.2, -0.15) is 0 Å². The van der Waals surface area contributed by atoms with Crippen LogP contribution < -0.4 is 10.6 Å². The first-order valence-electron chi connectivity index (χ1n) is 8.53. The highest BCUT2D eigenvalue weighted by Crippen LogP contribution is 2.20. The molecule has 0 aromatic heterocycles. The zero-order valence-corrected chi connectivity index (χ0v) is 15.0. The predicted octanol–water partition coefficient (Wildman–Crippen LogP) is 3.84. The maximum atomic E-state index is 12.0. The third kappa shape index (κ3) is 5.87. The summed E-state index contributed by atoms with van der Waals surface area (Å²) in [6.45, 7) is 10.7. The molecule has 1 aromatic rings. The summed E-state index contributed by atoms with van der Waals surface area (Å²) in [5.74, 6) is 0. The van der Waals surface area contributed by atoms with Crippen molar-refractivity contribution in [2.45, 2.75) is 78.1 Å². The fraction of sp³-hybridized carbons (Fsp3) is 0.632. The first-order chi connectivity index (χ1) is 10.7. The molecule has 0 heterocycles. The Bertz CT molecular complexity index is 529. The number of carbonyl (C=O) groups excluding carboxylic acids is 1. The molecule has 2 atom stereocenters. The molecule has 0 aliphatic heterocycles. The fourth-order valence-electron chi connectivity index (χ4n) is 3.26. The van der Waals surface area contributed by atoms with Crippen LogP contribution in [0.5, 0.6) is 0 Å². The molecule has 1 aliphatic carbocycles. The number of rotatable bonds is 4. The lowest BCUT2D eigenvalue weighted by molar-refractivity contribution is 0.0498. The molecule has 1 fully saturated rings. The molecule has 2 unspecified atom stereocenters. The summed E-state index contributed by atoms with van der Waals surface area (Å²) < 4.78 is 5.36. The van der Waals surface area contributed by atoms with Crippen LogP contribution in [0.2, 0.25) is 0 Å². The largest absolute Gasteiger partial charge is 0.444 e. The summed E-state index contributed by atoms with van der Waals surface area (Å²) in [5.41, 5.74) is 3.42. The average Bonchev–Trinajstić information content (AvgIpc) is 2.80. The maximum absolute atomic E-state index is 12.0. The van der Waals surface area contributed by atoms with Crippen molar-refractivity contribution in [1.29, 1.82) is 0 Å². The zero-order valence-electron chi connectivity index (χ0n) is 15.0. The topological polar surface area (TPSA) is 50.4 Å². The second kappa shape index (κ2) is 7.35. The molecule has 2 N–H and O–H groups in total. The Morgan fingerprint density at radius 3 is 2.35 bits per heavy atom. The van der Waals surface area contributed by atoms with E-state index in [4.69, 9.17) is 4.74 Å². The summed E-state index contributed by atoms with van der Waals surface area (Å²) in [6, 6.07) is 7.07. The smallest absolute Gasteiger partial charge is 0.407 e. The van der Waals surface area contributed by atoms with E-state index in [0.29, 0.717) is 6.04 Å². The number of hydrogen-bond donors (Lipinski definition) is 2. The van der Waals surface area contributed by atoms with E-state index in [-0.39, 0.29) is 12.1 Å². The van der Waals surface area contributed by atoms with E-state index in [9.17, 15) is 4.79 Å². The highest BCUT2D eigenvalue weighted by atomic mass is 16.6. The van der Waals surface area contributed by atoms with Crippen molar-refractivity contribution in [2.75, 3.05) is 0 Å². The number of amides is 1. The fourth-order valence-corrected chi connectivity index (χ4v) is 3.26.